The highest BCUT2D eigenvalue weighted by molar-refractivity contribution is 5.66. The molecule has 0 atom stereocenters. The smallest absolute Gasteiger partial charge is 0.333 e. The molecule has 1 aromatic rings. The van der Waals surface area contributed by atoms with Gasteiger partial charge in [0.05, 0.1) is 4.92 Å². The molecule has 0 radical (unpaired) electrons. The monoisotopic (exact) mass is 256 g/mol. The zero-order chi connectivity index (χ0) is 13.7. The summed E-state index contributed by atoms with van der Waals surface area (Å²) in [5.74, 6) is -0.481. The number of nitrogens with one attached hydrogen (secondary N) is 1. The molecule has 0 aliphatic carbocycles. The van der Waals surface area contributed by atoms with Crippen molar-refractivity contribution < 1.29 is 14.8 Å². The molecule has 18 heavy (non-hydrogen) atoms. The fraction of sp³-hybridized carbons (Fsp3) is 0.600. The molecule has 0 spiro atoms. The molecule has 100 valence electrons. The quantitative estimate of drug-likeness (QED) is 0.432. The maximum atomic E-state index is 10.9. The minimum absolute atomic E-state index is 0.0317. The van der Waals surface area contributed by atoms with Gasteiger partial charge in [-0.05, 0) is 19.8 Å². The van der Waals surface area contributed by atoms with Crippen LogP contribution in [0.5, 0.6) is 0 Å². The number of rotatable bonds is 7. The van der Waals surface area contributed by atoms with Crippen molar-refractivity contribution >= 4 is 17.5 Å². The van der Waals surface area contributed by atoms with Crippen LogP contribution < -0.4 is 5.32 Å². The molecule has 0 aliphatic rings. The topological polar surface area (TPSA) is 110 Å². The van der Waals surface area contributed by atoms with E-state index in [1.165, 1.54) is 4.68 Å². The molecule has 2 N–H and O–H groups in total. The van der Waals surface area contributed by atoms with Crippen molar-refractivity contribution in [1.82, 2.24) is 9.78 Å². The van der Waals surface area contributed by atoms with Gasteiger partial charge in [0.25, 0.3) is 0 Å². The lowest BCUT2D eigenvalue weighted by Crippen LogP contribution is -2.08. The fourth-order valence-corrected chi connectivity index (χ4v) is 1.67. The average Bonchev–Trinajstić information content (AvgIpc) is 2.52. The Bertz CT molecular complexity index is 455. The van der Waals surface area contributed by atoms with E-state index in [-0.39, 0.29) is 12.1 Å². The zero-order valence-corrected chi connectivity index (χ0v) is 10.3. The van der Waals surface area contributed by atoms with Gasteiger partial charge in [0, 0.05) is 20.0 Å². The molecule has 0 aliphatic heterocycles. The number of anilines is 1. The van der Waals surface area contributed by atoms with Crippen LogP contribution in [0.3, 0.4) is 0 Å². The maximum Gasteiger partial charge on any atom is 0.333 e. The number of aryl methyl sites for hydroxylation is 2. The Labute approximate surface area is 104 Å². The summed E-state index contributed by atoms with van der Waals surface area (Å²) < 4.78 is 1.42. The van der Waals surface area contributed by atoms with Crippen molar-refractivity contribution in [2.24, 2.45) is 7.05 Å². The van der Waals surface area contributed by atoms with Crippen LogP contribution in [0.4, 0.5) is 11.5 Å². The Hall–Kier alpha value is -2.12. The Kier molecular flexibility index (Phi) is 4.64. The van der Waals surface area contributed by atoms with Crippen LogP contribution in [0, 0.1) is 17.0 Å². The van der Waals surface area contributed by atoms with E-state index in [9.17, 15) is 14.9 Å². The normalized spacial score (nSPS) is 10.3. The highest BCUT2D eigenvalue weighted by Crippen LogP contribution is 2.27. The first-order chi connectivity index (χ1) is 8.43. The van der Waals surface area contributed by atoms with Gasteiger partial charge in [-0.2, -0.15) is 5.10 Å². The van der Waals surface area contributed by atoms with E-state index in [2.05, 4.69) is 10.4 Å². The van der Waals surface area contributed by atoms with Gasteiger partial charge in [0.15, 0.2) is 0 Å². The first-order valence-electron chi connectivity index (χ1n) is 5.57. The van der Waals surface area contributed by atoms with Crippen LogP contribution in [0.2, 0.25) is 0 Å². The Morgan fingerprint density at radius 3 is 2.78 bits per heavy atom. The summed E-state index contributed by atoms with van der Waals surface area (Å²) in [5.41, 5.74) is 0.325. The van der Waals surface area contributed by atoms with Gasteiger partial charge in [-0.15, -0.1) is 0 Å². The number of aliphatic carboxylic acids is 1. The molecule has 1 aromatic heterocycles. The maximum absolute atomic E-state index is 10.9. The largest absolute Gasteiger partial charge is 0.481 e. The van der Waals surface area contributed by atoms with E-state index in [4.69, 9.17) is 5.11 Å². The number of hydrogen-bond donors (Lipinski definition) is 2. The lowest BCUT2D eigenvalue weighted by molar-refractivity contribution is -0.384. The van der Waals surface area contributed by atoms with Crippen LogP contribution in [0.1, 0.15) is 25.0 Å². The molecule has 1 heterocycles. The van der Waals surface area contributed by atoms with Gasteiger partial charge in [0.1, 0.15) is 5.69 Å². The van der Waals surface area contributed by atoms with Crippen LogP contribution in [0.25, 0.3) is 0 Å². The summed E-state index contributed by atoms with van der Waals surface area (Å²) in [6.45, 7) is 2.06. The van der Waals surface area contributed by atoms with Crippen LogP contribution >= 0.6 is 0 Å². The average molecular weight is 256 g/mol. The van der Waals surface area contributed by atoms with Gasteiger partial charge in [0.2, 0.25) is 5.82 Å². The van der Waals surface area contributed by atoms with Crippen LogP contribution in [-0.4, -0.2) is 32.3 Å². The summed E-state index contributed by atoms with van der Waals surface area (Å²) in [4.78, 5) is 20.7. The van der Waals surface area contributed by atoms with Crippen molar-refractivity contribution in [2.45, 2.75) is 26.2 Å². The predicted molar refractivity (Wildman–Crippen MR) is 64.6 cm³/mol. The van der Waals surface area contributed by atoms with Gasteiger partial charge < -0.3 is 10.4 Å². The number of carboxylic acid groups (broad SMARTS) is 1. The summed E-state index contributed by atoms with van der Waals surface area (Å²) >= 11 is 0. The van der Waals surface area contributed by atoms with Gasteiger partial charge in [-0.25, -0.2) is 4.68 Å². The number of hydrogen-bond acceptors (Lipinski definition) is 5. The molecule has 0 saturated carbocycles. The van der Waals surface area contributed by atoms with E-state index < -0.39 is 10.9 Å². The Morgan fingerprint density at radius 1 is 1.56 bits per heavy atom. The molecule has 0 saturated heterocycles. The van der Waals surface area contributed by atoms with E-state index in [1.54, 1.807) is 14.0 Å². The molecular formula is C10H16N4O4. The third kappa shape index (κ3) is 3.44. The van der Waals surface area contributed by atoms with Crippen molar-refractivity contribution in [3.05, 3.63) is 15.8 Å². The van der Waals surface area contributed by atoms with Crippen molar-refractivity contribution in [1.29, 1.82) is 0 Å². The first-order valence-corrected chi connectivity index (χ1v) is 5.57. The minimum Gasteiger partial charge on any atom is -0.481 e. The van der Waals surface area contributed by atoms with E-state index in [0.29, 0.717) is 30.9 Å². The fourth-order valence-electron chi connectivity index (χ4n) is 1.67. The standard InChI is InChI=1S/C10H16N4O4/c1-7-9(14(17)18)10(13(2)12-7)11-6-4-3-5-8(15)16/h11H,3-6H2,1-2H3,(H,15,16). The molecule has 0 aromatic carbocycles. The number of carbonyl (C=O) groups is 1. The zero-order valence-electron chi connectivity index (χ0n) is 10.3. The first kappa shape index (κ1) is 13.9. The molecule has 0 amide bonds. The van der Waals surface area contributed by atoms with Gasteiger partial charge in [-0.1, -0.05) is 0 Å². The highest BCUT2D eigenvalue weighted by Gasteiger charge is 2.23. The van der Waals surface area contributed by atoms with Gasteiger partial charge >= 0.3 is 11.7 Å². The van der Waals surface area contributed by atoms with Gasteiger partial charge in [-0.3, -0.25) is 14.9 Å². The predicted octanol–water partition coefficient (Wildman–Crippen LogP) is 1.30. The second-order valence-corrected chi connectivity index (χ2v) is 3.94. The molecule has 8 nitrogen and oxygen atoms in total. The van der Waals surface area contributed by atoms with Crippen molar-refractivity contribution in [3.8, 4) is 0 Å². The SMILES string of the molecule is Cc1nn(C)c(NCCCCC(=O)O)c1[N+](=O)[O-]. The highest BCUT2D eigenvalue weighted by atomic mass is 16.6. The lowest BCUT2D eigenvalue weighted by atomic mass is 10.2. The summed E-state index contributed by atoms with van der Waals surface area (Å²) in [6, 6.07) is 0. The number of unbranched alkanes of at least 4 members (excludes halogenated alkanes) is 1. The molecule has 0 bridgehead atoms. The number of nitrogens with zero attached hydrogens (tertiary/aromatic N) is 3. The Morgan fingerprint density at radius 2 is 2.22 bits per heavy atom. The third-order valence-electron chi connectivity index (χ3n) is 2.48. The Balaban J connectivity index is 2.56. The summed E-state index contributed by atoms with van der Waals surface area (Å²) in [5, 5.41) is 26.2. The molecule has 0 unspecified atom stereocenters. The third-order valence-corrected chi connectivity index (χ3v) is 2.48. The lowest BCUT2D eigenvalue weighted by Gasteiger charge is -2.05. The number of aromatic nitrogens is 2. The van der Waals surface area contributed by atoms with Crippen LogP contribution in [-0.2, 0) is 11.8 Å². The van der Waals surface area contributed by atoms with E-state index >= 15 is 0 Å². The second kappa shape index (κ2) is 5.99. The number of nitro groups is 1. The van der Waals surface area contributed by atoms with Crippen LogP contribution in [0.15, 0.2) is 0 Å². The van der Waals surface area contributed by atoms with Crippen molar-refractivity contribution in [3.63, 3.8) is 0 Å². The molecule has 8 heteroatoms. The van der Waals surface area contributed by atoms with E-state index in [1.807, 2.05) is 0 Å². The summed E-state index contributed by atoms with van der Waals surface area (Å²) in [6.07, 6.45) is 1.27. The summed E-state index contributed by atoms with van der Waals surface area (Å²) in [7, 11) is 1.62. The second-order valence-electron chi connectivity index (χ2n) is 3.94. The molecule has 0 fully saturated rings. The minimum atomic E-state index is -0.836. The number of carboxylic acids is 1. The van der Waals surface area contributed by atoms with Crippen molar-refractivity contribution in [2.75, 3.05) is 11.9 Å². The molecular weight excluding hydrogens is 240 g/mol. The molecule has 1 rings (SSSR count). The van der Waals surface area contributed by atoms with E-state index in [0.717, 1.165) is 0 Å².